The van der Waals surface area contributed by atoms with Crippen LogP contribution in [0, 0.1) is 0 Å². The Bertz CT molecular complexity index is 566. The topological polar surface area (TPSA) is 77.0 Å². The van der Waals surface area contributed by atoms with Crippen LogP contribution in [0.1, 0.15) is 11.4 Å². The average molecular weight is 311 g/mol. The lowest BCUT2D eigenvalue weighted by molar-refractivity contribution is -0.127. The fraction of sp³-hybridized carbons (Fsp3) is 0.417. The third-order valence-corrected chi connectivity index (χ3v) is 4.60. The van der Waals surface area contributed by atoms with Gasteiger partial charge in [0, 0.05) is 20.6 Å². The first kappa shape index (κ1) is 15.0. The van der Waals surface area contributed by atoms with Gasteiger partial charge in [0.2, 0.25) is 5.91 Å². The van der Waals surface area contributed by atoms with Crippen molar-refractivity contribution >= 4 is 29.0 Å². The minimum atomic E-state index is 0.0681. The predicted molar refractivity (Wildman–Crippen MR) is 80.4 cm³/mol. The summed E-state index contributed by atoms with van der Waals surface area (Å²) in [5.74, 6) is 1.13. The standard InChI is InChI=1S/C12H17N5OS2/c1-16(6-9-3-4-19-7-9)11(18)8-20-12-15-14-10(5-13)17(12)2/h3-4,7H,5-6,8,13H2,1-2H3. The maximum absolute atomic E-state index is 12.1. The Kier molecular flexibility index (Phi) is 5.16. The van der Waals surface area contributed by atoms with Crippen LogP contribution in [0.4, 0.5) is 0 Å². The molecule has 0 aliphatic heterocycles. The van der Waals surface area contributed by atoms with Crippen molar-refractivity contribution in [1.82, 2.24) is 19.7 Å². The summed E-state index contributed by atoms with van der Waals surface area (Å²) < 4.78 is 1.82. The Balaban J connectivity index is 1.86. The van der Waals surface area contributed by atoms with E-state index in [4.69, 9.17) is 5.73 Å². The zero-order chi connectivity index (χ0) is 14.5. The highest BCUT2D eigenvalue weighted by atomic mass is 32.2. The van der Waals surface area contributed by atoms with Gasteiger partial charge in [0.15, 0.2) is 5.16 Å². The van der Waals surface area contributed by atoms with Gasteiger partial charge < -0.3 is 15.2 Å². The quantitative estimate of drug-likeness (QED) is 0.808. The highest BCUT2D eigenvalue weighted by Crippen LogP contribution is 2.16. The molecular weight excluding hydrogens is 294 g/mol. The fourth-order valence-corrected chi connectivity index (χ4v) is 3.16. The third kappa shape index (κ3) is 3.59. The van der Waals surface area contributed by atoms with Gasteiger partial charge in [-0.25, -0.2) is 0 Å². The Morgan fingerprint density at radius 2 is 2.35 bits per heavy atom. The normalized spacial score (nSPS) is 10.8. The van der Waals surface area contributed by atoms with E-state index in [0.29, 0.717) is 29.8 Å². The molecule has 0 saturated heterocycles. The van der Waals surface area contributed by atoms with Crippen LogP contribution in [0.15, 0.2) is 22.0 Å². The second kappa shape index (κ2) is 6.87. The molecule has 0 aromatic carbocycles. The Morgan fingerprint density at radius 3 is 2.95 bits per heavy atom. The number of nitrogens with zero attached hydrogens (tertiary/aromatic N) is 4. The van der Waals surface area contributed by atoms with Crippen LogP contribution in [-0.4, -0.2) is 38.4 Å². The molecule has 2 heterocycles. The number of aromatic nitrogens is 3. The summed E-state index contributed by atoms with van der Waals surface area (Å²) in [6.07, 6.45) is 0. The first-order valence-electron chi connectivity index (χ1n) is 6.08. The van der Waals surface area contributed by atoms with Gasteiger partial charge in [-0.05, 0) is 22.4 Å². The minimum Gasteiger partial charge on any atom is -0.341 e. The van der Waals surface area contributed by atoms with Crippen LogP contribution in [0.3, 0.4) is 0 Å². The highest BCUT2D eigenvalue weighted by Gasteiger charge is 2.13. The molecule has 2 N–H and O–H groups in total. The molecule has 8 heteroatoms. The Morgan fingerprint density at radius 1 is 1.55 bits per heavy atom. The van der Waals surface area contributed by atoms with E-state index in [9.17, 15) is 4.79 Å². The van der Waals surface area contributed by atoms with Crippen molar-refractivity contribution in [2.75, 3.05) is 12.8 Å². The first-order valence-corrected chi connectivity index (χ1v) is 8.01. The molecule has 108 valence electrons. The van der Waals surface area contributed by atoms with E-state index in [1.807, 2.05) is 35.5 Å². The van der Waals surface area contributed by atoms with E-state index in [-0.39, 0.29) is 5.91 Å². The molecule has 0 aliphatic rings. The maximum atomic E-state index is 12.1. The highest BCUT2D eigenvalue weighted by molar-refractivity contribution is 7.99. The number of carbonyl (C=O) groups excluding carboxylic acids is 1. The van der Waals surface area contributed by atoms with Crippen molar-refractivity contribution in [3.05, 3.63) is 28.2 Å². The number of hydrogen-bond acceptors (Lipinski definition) is 6. The van der Waals surface area contributed by atoms with E-state index < -0.39 is 0 Å². The van der Waals surface area contributed by atoms with Crippen LogP contribution in [0.5, 0.6) is 0 Å². The summed E-state index contributed by atoms with van der Waals surface area (Å²) in [5, 5.41) is 12.8. The van der Waals surface area contributed by atoms with E-state index in [0.717, 1.165) is 5.56 Å². The number of nitrogens with two attached hydrogens (primary N) is 1. The van der Waals surface area contributed by atoms with Crippen LogP contribution in [0.25, 0.3) is 0 Å². The second-order valence-electron chi connectivity index (χ2n) is 4.33. The lowest BCUT2D eigenvalue weighted by atomic mass is 10.3. The van der Waals surface area contributed by atoms with Gasteiger partial charge >= 0.3 is 0 Å². The molecule has 0 radical (unpaired) electrons. The molecule has 0 saturated carbocycles. The molecule has 1 amide bonds. The SMILES string of the molecule is CN(Cc1ccsc1)C(=O)CSc1nnc(CN)n1C. The lowest BCUT2D eigenvalue weighted by Gasteiger charge is -2.15. The molecule has 2 aromatic rings. The summed E-state index contributed by atoms with van der Waals surface area (Å²) in [6.45, 7) is 0.978. The lowest BCUT2D eigenvalue weighted by Crippen LogP contribution is -2.27. The molecule has 0 aliphatic carbocycles. The van der Waals surface area contributed by atoms with Crippen molar-refractivity contribution in [1.29, 1.82) is 0 Å². The average Bonchev–Trinajstić information content (AvgIpc) is 3.06. The summed E-state index contributed by atoms with van der Waals surface area (Å²) >= 11 is 3.01. The maximum Gasteiger partial charge on any atom is 0.233 e. The van der Waals surface area contributed by atoms with Crippen LogP contribution < -0.4 is 5.73 Å². The van der Waals surface area contributed by atoms with Gasteiger partial charge in [-0.2, -0.15) is 11.3 Å². The molecule has 2 rings (SSSR count). The van der Waals surface area contributed by atoms with E-state index >= 15 is 0 Å². The number of hydrogen-bond donors (Lipinski definition) is 1. The first-order chi connectivity index (χ1) is 9.61. The van der Waals surface area contributed by atoms with Crippen LogP contribution in [0.2, 0.25) is 0 Å². The number of carbonyl (C=O) groups is 1. The molecular formula is C12H17N5OS2. The van der Waals surface area contributed by atoms with Crippen molar-refractivity contribution < 1.29 is 4.79 Å². The van der Waals surface area contributed by atoms with Crippen LogP contribution >= 0.6 is 23.1 Å². The summed E-state index contributed by atoms with van der Waals surface area (Å²) in [5.41, 5.74) is 6.69. The van der Waals surface area contributed by atoms with E-state index in [1.54, 1.807) is 16.2 Å². The zero-order valence-electron chi connectivity index (χ0n) is 11.4. The second-order valence-corrected chi connectivity index (χ2v) is 6.05. The van der Waals surface area contributed by atoms with Gasteiger partial charge in [0.05, 0.1) is 12.3 Å². The smallest absolute Gasteiger partial charge is 0.233 e. The van der Waals surface area contributed by atoms with Crippen LogP contribution in [-0.2, 0) is 24.9 Å². The molecule has 0 bridgehead atoms. The van der Waals surface area contributed by atoms with Crippen molar-refractivity contribution in [3.8, 4) is 0 Å². The number of thioether (sulfide) groups is 1. The zero-order valence-corrected chi connectivity index (χ0v) is 13.1. The van der Waals surface area contributed by atoms with Crippen molar-refractivity contribution in [3.63, 3.8) is 0 Å². The Labute approximate surface area is 126 Å². The molecule has 2 aromatic heterocycles. The largest absolute Gasteiger partial charge is 0.341 e. The monoisotopic (exact) mass is 311 g/mol. The van der Waals surface area contributed by atoms with Gasteiger partial charge in [-0.3, -0.25) is 4.79 Å². The van der Waals surface area contributed by atoms with Gasteiger partial charge in [0.25, 0.3) is 0 Å². The predicted octanol–water partition coefficient (Wildman–Crippen LogP) is 1.09. The number of thiophene rings is 1. The Hall–Kier alpha value is -1.38. The minimum absolute atomic E-state index is 0.0681. The number of amides is 1. The van der Waals surface area contributed by atoms with E-state index in [1.165, 1.54) is 11.8 Å². The molecule has 6 nitrogen and oxygen atoms in total. The van der Waals surface area contributed by atoms with Gasteiger partial charge in [-0.1, -0.05) is 11.8 Å². The molecule has 0 unspecified atom stereocenters. The summed E-state index contributed by atoms with van der Waals surface area (Å²) in [4.78, 5) is 13.8. The van der Waals surface area contributed by atoms with Gasteiger partial charge in [0.1, 0.15) is 5.82 Å². The summed E-state index contributed by atoms with van der Waals surface area (Å²) in [6, 6.07) is 2.03. The molecule has 0 fully saturated rings. The fourth-order valence-electron chi connectivity index (χ4n) is 1.63. The third-order valence-electron chi connectivity index (χ3n) is 2.86. The summed E-state index contributed by atoms with van der Waals surface area (Å²) in [7, 11) is 3.66. The number of rotatable bonds is 6. The molecule has 0 spiro atoms. The van der Waals surface area contributed by atoms with Crippen molar-refractivity contribution in [2.24, 2.45) is 12.8 Å². The van der Waals surface area contributed by atoms with Crippen molar-refractivity contribution in [2.45, 2.75) is 18.2 Å². The van der Waals surface area contributed by atoms with E-state index in [2.05, 4.69) is 10.2 Å². The van der Waals surface area contributed by atoms with Gasteiger partial charge in [-0.15, -0.1) is 10.2 Å². The molecule has 0 atom stereocenters. The molecule has 20 heavy (non-hydrogen) atoms.